The highest BCUT2D eigenvalue weighted by Crippen LogP contribution is 2.43. The first-order chi connectivity index (χ1) is 19.3. The van der Waals surface area contributed by atoms with Gasteiger partial charge in [0.2, 0.25) is 11.7 Å². The van der Waals surface area contributed by atoms with Crippen LogP contribution < -0.4 is 0 Å². The van der Waals surface area contributed by atoms with Crippen molar-refractivity contribution < 1.29 is 4.42 Å². The van der Waals surface area contributed by atoms with Crippen LogP contribution in [0.1, 0.15) is 0 Å². The first-order valence-corrected chi connectivity index (χ1v) is 13.8. The van der Waals surface area contributed by atoms with Crippen molar-refractivity contribution in [3.05, 3.63) is 115 Å². The molecule has 0 saturated heterocycles. The third-order valence-electron chi connectivity index (χ3n) is 7.65. The summed E-state index contributed by atoms with van der Waals surface area (Å²) in [7, 11) is 0. The van der Waals surface area contributed by atoms with E-state index in [4.69, 9.17) is 14.4 Å². The first-order valence-electron chi connectivity index (χ1n) is 12.9. The second-order valence-corrected chi connectivity index (χ2v) is 10.9. The van der Waals surface area contributed by atoms with Gasteiger partial charge in [0.15, 0.2) is 0 Å². The highest BCUT2D eigenvalue weighted by Gasteiger charge is 2.22. The fourth-order valence-electron chi connectivity index (χ4n) is 5.99. The molecule has 0 atom stereocenters. The average Bonchev–Trinajstić information content (AvgIpc) is 3.66. The number of hydrogen-bond donors (Lipinski definition) is 0. The van der Waals surface area contributed by atoms with Gasteiger partial charge in [-0.25, -0.2) is 4.98 Å². The Bertz CT molecular complexity index is 2400. The van der Waals surface area contributed by atoms with Crippen molar-refractivity contribution in [2.75, 3.05) is 0 Å². The van der Waals surface area contributed by atoms with E-state index in [0.717, 1.165) is 38.6 Å². The summed E-state index contributed by atoms with van der Waals surface area (Å²) in [5.41, 5.74) is 5.50. The van der Waals surface area contributed by atoms with Crippen molar-refractivity contribution in [3.8, 4) is 17.2 Å². The van der Waals surface area contributed by atoms with Crippen molar-refractivity contribution in [2.24, 2.45) is 0 Å². The number of para-hydroxylation sites is 2. The molecule has 9 aromatic rings. The summed E-state index contributed by atoms with van der Waals surface area (Å²) in [5.74, 6) is 0.606. The Balaban J connectivity index is 1.50. The van der Waals surface area contributed by atoms with Crippen LogP contribution in [0.5, 0.6) is 0 Å². The normalized spacial score (nSPS) is 12.1. The van der Waals surface area contributed by atoms with E-state index >= 15 is 0 Å². The third kappa shape index (κ3) is 2.88. The Labute approximate surface area is 226 Å². The summed E-state index contributed by atoms with van der Waals surface area (Å²) in [6, 6.07) is 40.1. The predicted molar refractivity (Wildman–Crippen MR) is 162 cm³/mol. The molecule has 0 N–H and O–H groups in total. The van der Waals surface area contributed by atoms with Crippen LogP contribution in [-0.2, 0) is 0 Å². The van der Waals surface area contributed by atoms with Gasteiger partial charge in [-0.3, -0.25) is 4.57 Å². The van der Waals surface area contributed by atoms with Crippen molar-refractivity contribution >= 4 is 75.4 Å². The van der Waals surface area contributed by atoms with E-state index in [2.05, 4.69) is 83.4 Å². The molecule has 0 aliphatic heterocycles. The number of hydrogen-bond acceptors (Lipinski definition) is 4. The smallest absolute Gasteiger partial charge is 0.238 e. The Morgan fingerprint density at radius 2 is 1.31 bits per heavy atom. The molecule has 0 fully saturated rings. The van der Waals surface area contributed by atoms with Gasteiger partial charge in [0.05, 0.1) is 22.1 Å². The lowest BCUT2D eigenvalue weighted by molar-refractivity contribution is 0.651. The lowest BCUT2D eigenvalue weighted by Crippen LogP contribution is -2.03. The lowest BCUT2D eigenvalue weighted by Gasteiger charge is -2.10. The Hall–Kier alpha value is -5.00. The molecule has 0 aliphatic carbocycles. The minimum Gasteiger partial charge on any atom is -0.437 e. The summed E-state index contributed by atoms with van der Waals surface area (Å²) >= 11 is 1.82. The van der Waals surface area contributed by atoms with Crippen LogP contribution in [0.2, 0.25) is 0 Å². The number of furan rings is 1. The average molecular weight is 518 g/mol. The zero-order valence-corrected chi connectivity index (χ0v) is 21.4. The summed E-state index contributed by atoms with van der Waals surface area (Å²) in [6.07, 6.45) is 0. The Kier molecular flexibility index (Phi) is 4.18. The number of benzene rings is 5. The van der Waals surface area contributed by atoms with Crippen LogP contribution >= 0.6 is 11.3 Å². The number of fused-ring (bicyclic) bond motifs is 10. The molecule has 4 aromatic heterocycles. The molecule has 0 aliphatic rings. The highest BCUT2D eigenvalue weighted by molar-refractivity contribution is 7.26. The molecule has 4 heterocycles. The standard InChI is InChI=1S/C34H19N3OS/c1-2-10-20(11-3-1)31-30-23-13-5-8-16-26(23)38-33(30)36-34(35-31)37-25-15-7-4-12-21(25)22-18-19-28-29(32(22)37)24-14-6-9-17-27(24)39-28/h1-19H. The highest BCUT2D eigenvalue weighted by atomic mass is 32.1. The molecule has 5 aromatic carbocycles. The van der Waals surface area contributed by atoms with Crippen molar-refractivity contribution in [3.63, 3.8) is 0 Å². The molecule has 0 saturated carbocycles. The fourth-order valence-corrected chi connectivity index (χ4v) is 7.10. The maximum atomic E-state index is 6.36. The van der Waals surface area contributed by atoms with E-state index in [-0.39, 0.29) is 0 Å². The maximum Gasteiger partial charge on any atom is 0.238 e. The van der Waals surface area contributed by atoms with Gasteiger partial charge in [0, 0.05) is 41.9 Å². The van der Waals surface area contributed by atoms with Crippen molar-refractivity contribution in [1.29, 1.82) is 0 Å². The zero-order valence-electron chi connectivity index (χ0n) is 20.6. The van der Waals surface area contributed by atoms with E-state index in [0.29, 0.717) is 11.7 Å². The molecular weight excluding hydrogens is 498 g/mol. The van der Waals surface area contributed by atoms with Crippen molar-refractivity contribution in [1.82, 2.24) is 14.5 Å². The van der Waals surface area contributed by atoms with Crippen LogP contribution in [-0.4, -0.2) is 14.5 Å². The van der Waals surface area contributed by atoms with Crippen LogP contribution in [0.3, 0.4) is 0 Å². The maximum absolute atomic E-state index is 6.36. The molecule has 5 heteroatoms. The molecule has 39 heavy (non-hydrogen) atoms. The summed E-state index contributed by atoms with van der Waals surface area (Å²) in [6.45, 7) is 0. The molecule has 0 amide bonds. The largest absolute Gasteiger partial charge is 0.437 e. The van der Waals surface area contributed by atoms with E-state index in [1.165, 1.54) is 30.9 Å². The van der Waals surface area contributed by atoms with Gasteiger partial charge in [-0.2, -0.15) is 4.98 Å². The van der Waals surface area contributed by atoms with E-state index in [1.807, 2.05) is 47.7 Å². The molecule has 182 valence electrons. The third-order valence-corrected chi connectivity index (χ3v) is 8.79. The number of aromatic nitrogens is 3. The summed E-state index contributed by atoms with van der Waals surface area (Å²) < 4.78 is 11.1. The van der Waals surface area contributed by atoms with Gasteiger partial charge in [0.25, 0.3) is 0 Å². The molecule has 4 nitrogen and oxygen atoms in total. The second-order valence-electron chi connectivity index (χ2n) is 9.80. The van der Waals surface area contributed by atoms with Gasteiger partial charge in [-0.1, -0.05) is 91.0 Å². The van der Waals surface area contributed by atoms with Crippen LogP contribution in [0, 0.1) is 0 Å². The minimum absolute atomic E-state index is 0.591. The van der Waals surface area contributed by atoms with E-state index < -0.39 is 0 Å². The molecule has 0 spiro atoms. The van der Waals surface area contributed by atoms with Crippen LogP contribution in [0.15, 0.2) is 120 Å². The Morgan fingerprint density at radius 3 is 2.21 bits per heavy atom. The zero-order chi connectivity index (χ0) is 25.5. The minimum atomic E-state index is 0.591. The quantitative estimate of drug-likeness (QED) is 0.229. The molecule has 0 unspecified atom stereocenters. The number of rotatable bonds is 2. The van der Waals surface area contributed by atoms with Gasteiger partial charge in [0.1, 0.15) is 5.58 Å². The summed E-state index contributed by atoms with van der Waals surface area (Å²) in [5, 5.41) is 6.81. The van der Waals surface area contributed by atoms with Gasteiger partial charge in [-0.15, -0.1) is 11.3 Å². The monoisotopic (exact) mass is 517 g/mol. The number of nitrogens with zero attached hydrogens (tertiary/aromatic N) is 3. The molecule has 0 radical (unpaired) electrons. The fraction of sp³-hybridized carbons (Fsp3) is 0. The van der Waals surface area contributed by atoms with Gasteiger partial charge in [-0.05, 0) is 24.3 Å². The molecule has 0 bridgehead atoms. The first kappa shape index (κ1) is 21.0. The van der Waals surface area contributed by atoms with Gasteiger partial charge >= 0.3 is 0 Å². The SMILES string of the molecule is c1ccc(-c2nc(-n3c4ccccc4c4ccc5sc6ccccc6c5c43)nc3oc4ccccc4c23)cc1. The second kappa shape index (κ2) is 7.76. The Morgan fingerprint density at radius 1 is 0.564 bits per heavy atom. The van der Waals surface area contributed by atoms with Crippen molar-refractivity contribution in [2.45, 2.75) is 0 Å². The van der Waals surface area contributed by atoms with Gasteiger partial charge < -0.3 is 4.42 Å². The molecular formula is C34H19N3OS. The lowest BCUT2D eigenvalue weighted by atomic mass is 10.1. The van der Waals surface area contributed by atoms with E-state index in [9.17, 15) is 0 Å². The summed E-state index contributed by atoms with van der Waals surface area (Å²) in [4.78, 5) is 10.4. The topological polar surface area (TPSA) is 43.9 Å². The molecule has 9 rings (SSSR count). The predicted octanol–water partition coefficient (Wildman–Crippen LogP) is 9.51. The number of thiophene rings is 1. The van der Waals surface area contributed by atoms with Crippen LogP contribution in [0.25, 0.3) is 81.3 Å². The van der Waals surface area contributed by atoms with Crippen LogP contribution in [0.4, 0.5) is 0 Å². The van der Waals surface area contributed by atoms with E-state index in [1.54, 1.807) is 0 Å².